The number of hydrogen-bond acceptors (Lipinski definition) is 6. The number of pyridine rings is 1. The maximum Gasteiger partial charge on any atom is 0.229 e. The fraction of sp³-hybridized carbons (Fsp3) is 0.484. The van der Waals surface area contributed by atoms with E-state index in [-0.39, 0.29) is 10.8 Å². The highest BCUT2D eigenvalue weighted by molar-refractivity contribution is 5.84. The number of nitrogens with one attached hydrogen (secondary N) is 3. The van der Waals surface area contributed by atoms with Gasteiger partial charge in [-0.3, -0.25) is 9.59 Å². The number of carbonyl (C=O) groups is 1. The van der Waals surface area contributed by atoms with E-state index < -0.39 is 0 Å². The monoisotopic (exact) mass is 524 g/mol. The molecule has 8 heteroatoms. The van der Waals surface area contributed by atoms with Crippen LogP contribution in [0, 0.1) is 30.1 Å². The quantitative estimate of drug-likeness (QED) is 0.397. The van der Waals surface area contributed by atoms with Gasteiger partial charge in [-0.1, -0.05) is 12.1 Å². The van der Waals surface area contributed by atoms with Gasteiger partial charge in [-0.15, -0.1) is 0 Å². The number of hydrogen-bond donors (Lipinski definition) is 3. The van der Waals surface area contributed by atoms with Gasteiger partial charge in [-0.25, -0.2) is 4.98 Å². The van der Waals surface area contributed by atoms with Crippen LogP contribution in [0.25, 0.3) is 0 Å². The lowest BCUT2D eigenvalue weighted by Gasteiger charge is -2.59. The van der Waals surface area contributed by atoms with Crippen molar-refractivity contribution >= 4 is 23.4 Å². The van der Waals surface area contributed by atoms with Crippen molar-refractivity contribution < 1.29 is 4.79 Å². The van der Waals surface area contributed by atoms with Gasteiger partial charge in [0.1, 0.15) is 5.82 Å². The molecular weight excluding hydrogens is 488 g/mol. The number of benzene rings is 1. The van der Waals surface area contributed by atoms with Crippen LogP contribution >= 0.6 is 0 Å². The van der Waals surface area contributed by atoms with E-state index in [1.54, 1.807) is 24.5 Å². The summed E-state index contributed by atoms with van der Waals surface area (Å²) in [5.74, 6) is 3.50. The minimum absolute atomic E-state index is 0.0150. The summed E-state index contributed by atoms with van der Waals surface area (Å²) in [5.41, 5.74) is 2.97. The standard InChI is InChI=1S/C31H36N6O2/c1-19-17-32-30(34-25-4-2-20(3-5-25)18-37-10-8-26(38)9-11-37)36-28(19)35-27-22-12-21-13-23(27)16-31(14-21,15-22)29(39)33-24-6-7-24/h2-5,8-11,17,21-24,27H,6-7,12-16,18H2,1H3,(H,33,39)(H2,32,34,35,36)/t21?,22?,23?,27-,31+. The molecule has 4 bridgehead atoms. The highest BCUT2D eigenvalue weighted by atomic mass is 16.2. The summed E-state index contributed by atoms with van der Waals surface area (Å²) in [6, 6.07) is 12.1. The minimum Gasteiger partial charge on any atom is -0.366 e. The van der Waals surface area contributed by atoms with E-state index >= 15 is 0 Å². The molecule has 5 aliphatic carbocycles. The molecular formula is C31H36N6O2. The Hall–Kier alpha value is -3.68. The topological polar surface area (TPSA) is 101 Å². The van der Waals surface area contributed by atoms with Crippen LogP contribution in [0.1, 0.15) is 56.1 Å². The number of anilines is 3. The van der Waals surface area contributed by atoms with Crippen LogP contribution in [0.4, 0.5) is 17.5 Å². The van der Waals surface area contributed by atoms with E-state index in [4.69, 9.17) is 4.98 Å². The number of nitrogens with zero attached hydrogens (tertiary/aromatic N) is 3. The molecule has 5 aliphatic rings. The second-order valence-electron chi connectivity index (χ2n) is 12.4. The second kappa shape index (κ2) is 9.50. The fourth-order valence-electron chi connectivity index (χ4n) is 7.49. The number of rotatable bonds is 8. The van der Waals surface area contributed by atoms with Crippen LogP contribution in [0.5, 0.6) is 0 Å². The molecule has 2 unspecified atom stereocenters. The molecule has 0 spiro atoms. The largest absolute Gasteiger partial charge is 0.366 e. The lowest BCUT2D eigenvalue weighted by atomic mass is 9.47. The molecule has 0 radical (unpaired) electrons. The van der Waals surface area contributed by atoms with Gasteiger partial charge in [0.25, 0.3) is 0 Å². The molecule has 2 aromatic heterocycles. The molecule has 1 aromatic carbocycles. The van der Waals surface area contributed by atoms with E-state index in [9.17, 15) is 9.59 Å². The van der Waals surface area contributed by atoms with Crippen molar-refractivity contribution in [2.24, 2.45) is 23.2 Å². The van der Waals surface area contributed by atoms with Crippen LogP contribution in [0.15, 0.2) is 59.8 Å². The molecule has 39 heavy (non-hydrogen) atoms. The van der Waals surface area contributed by atoms with Crippen molar-refractivity contribution in [1.29, 1.82) is 0 Å². The lowest BCUT2D eigenvalue weighted by Crippen LogP contribution is -2.60. The molecule has 5 fully saturated rings. The molecule has 1 amide bonds. The number of amides is 1. The average molecular weight is 525 g/mol. The first-order chi connectivity index (χ1) is 18.9. The third kappa shape index (κ3) is 4.92. The van der Waals surface area contributed by atoms with E-state index in [1.165, 1.54) is 12.8 Å². The number of carbonyl (C=O) groups excluding carboxylic acids is 1. The van der Waals surface area contributed by atoms with Crippen molar-refractivity contribution in [2.45, 2.75) is 70.5 Å². The summed E-state index contributed by atoms with van der Waals surface area (Å²) in [6.45, 7) is 2.75. The summed E-state index contributed by atoms with van der Waals surface area (Å²) >= 11 is 0. The molecule has 3 aromatic rings. The maximum absolute atomic E-state index is 13.2. The Morgan fingerprint density at radius 2 is 1.74 bits per heavy atom. The molecule has 8 rings (SSSR count). The van der Waals surface area contributed by atoms with E-state index in [2.05, 4.69) is 40.0 Å². The molecule has 0 saturated heterocycles. The Morgan fingerprint density at radius 1 is 1.03 bits per heavy atom. The Kier molecular flexibility index (Phi) is 5.94. The lowest BCUT2D eigenvalue weighted by molar-refractivity contribution is -0.147. The molecule has 8 nitrogen and oxygen atoms in total. The third-order valence-corrected chi connectivity index (χ3v) is 9.38. The smallest absolute Gasteiger partial charge is 0.229 e. The number of aromatic nitrogens is 3. The van der Waals surface area contributed by atoms with Gasteiger partial charge < -0.3 is 20.5 Å². The Balaban J connectivity index is 1.02. The normalized spacial score (nSPS) is 28.7. The Morgan fingerprint density at radius 3 is 2.44 bits per heavy atom. The van der Waals surface area contributed by atoms with Crippen molar-refractivity contribution in [3.05, 3.63) is 76.3 Å². The zero-order valence-corrected chi connectivity index (χ0v) is 22.4. The summed E-state index contributed by atoms with van der Waals surface area (Å²) in [5, 5.41) is 10.5. The van der Waals surface area contributed by atoms with E-state index in [0.29, 0.717) is 48.2 Å². The van der Waals surface area contributed by atoms with Crippen LogP contribution in [0.2, 0.25) is 0 Å². The van der Waals surface area contributed by atoms with Crippen LogP contribution in [0.3, 0.4) is 0 Å². The summed E-state index contributed by atoms with van der Waals surface area (Å²) < 4.78 is 1.98. The highest BCUT2D eigenvalue weighted by Gasteiger charge is 2.58. The molecule has 0 aliphatic heterocycles. The Bertz CT molecular complexity index is 1410. The van der Waals surface area contributed by atoms with Crippen LogP contribution in [-0.4, -0.2) is 32.5 Å². The fourth-order valence-corrected chi connectivity index (χ4v) is 7.49. The summed E-state index contributed by atoms with van der Waals surface area (Å²) in [4.78, 5) is 34.0. The predicted molar refractivity (Wildman–Crippen MR) is 151 cm³/mol. The van der Waals surface area contributed by atoms with Crippen molar-refractivity contribution in [1.82, 2.24) is 19.9 Å². The molecule has 3 N–H and O–H groups in total. The highest BCUT2D eigenvalue weighted by Crippen LogP contribution is 2.60. The SMILES string of the molecule is Cc1cnc(Nc2ccc(Cn3ccc(=O)cc3)cc2)nc1N[C@H]1C2CC3CC1C[C@@](C(=O)NC1CC1)(C3)C2. The summed E-state index contributed by atoms with van der Waals surface area (Å²) in [7, 11) is 0. The van der Waals surface area contributed by atoms with Gasteiger partial charge in [-0.2, -0.15) is 4.98 Å². The Labute approximate surface area is 228 Å². The van der Waals surface area contributed by atoms with Crippen molar-refractivity contribution in [3.8, 4) is 0 Å². The number of aryl methyl sites for hydroxylation is 1. The van der Waals surface area contributed by atoms with Gasteiger partial charge in [0.15, 0.2) is 5.43 Å². The molecule has 2 atom stereocenters. The van der Waals surface area contributed by atoms with Gasteiger partial charge in [0, 0.05) is 60.6 Å². The van der Waals surface area contributed by atoms with Crippen LogP contribution in [-0.2, 0) is 11.3 Å². The maximum atomic E-state index is 13.2. The predicted octanol–water partition coefficient (Wildman–Crippen LogP) is 4.62. The first-order valence-electron chi connectivity index (χ1n) is 14.4. The summed E-state index contributed by atoms with van der Waals surface area (Å²) in [6.07, 6.45) is 13.3. The van der Waals surface area contributed by atoms with Gasteiger partial charge in [-0.05, 0) is 87.3 Å². The second-order valence-corrected chi connectivity index (χ2v) is 12.4. The zero-order chi connectivity index (χ0) is 26.6. The zero-order valence-electron chi connectivity index (χ0n) is 22.4. The van der Waals surface area contributed by atoms with Crippen molar-refractivity contribution in [2.75, 3.05) is 10.6 Å². The van der Waals surface area contributed by atoms with E-state index in [1.807, 2.05) is 22.9 Å². The van der Waals surface area contributed by atoms with E-state index in [0.717, 1.165) is 54.7 Å². The third-order valence-electron chi connectivity index (χ3n) is 9.38. The van der Waals surface area contributed by atoms with Crippen LogP contribution < -0.4 is 21.4 Å². The first-order valence-corrected chi connectivity index (χ1v) is 14.4. The molecule has 202 valence electrons. The molecule has 2 heterocycles. The molecule has 5 saturated carbocycles. The van der Waals surface area contributed by atoms with Crippen molar-refractivity contribution in [3.63, 3.8) is 0 Å². The minimum atomic E-state index is -0.144. The van der Waals surface area contributed by atoms with Gasteiger partial charge in [0.05, 0.1) is 5.41 Å². The van der Waals surface area contributed by atoms with Gasteiger partial charge >= 0.3 is 0 Å². The first kappa shape index (κ1) is 24.4. The van der Waals surface area contributed by atoms with Gasteiger partial charge in [0.2, 0.25) is 11.9 Å². The average Bonchev–Trinajstić information content (AvgIpc) is 3.74.